The molecule has 10 heavy (non-hydrogen) atoms. The second kappa shape index (κ2) is 4.15. The number of hydrogen-bond acceptors (Lipinski definition) is 1. The summed E-state index contributed by atoms with van der Waals surface area (Å²) in [5.74, 6) is 0. The third kappa shape index (κ3) is 2.26. The first-order valence-corrected chi connectivity index (χ1v) is 3.81. The van der Waals surface area contributed by atoms with E-state index in [9.17, 15) is 0 Å². The van der Waals surface area contributed by atoms with Crippen LogP contribution >= 0.6 is 0 Å². The Morgan fingerprint density at radius 3 is 3.10 bits per heavy atom. The van der Waals surface area contributed by atoms with Crippen LogP contribution in [0.25, 0.3) is 0 Å². The molecular formula is C9H14N. The maximum absolute atomic E-state index is 3.80. The van der Waals surface area contributed by atoms with E-state index in [1.807, 2.05) is 0 Å². The van der Waals surface area contributed by atoms with E-state index in [0.717, 1.165) is 19.4 Å². The first kappa shape index (κ1) is 7.39. The minimum atomic E-state index is 0.980. The van der Waals surface area contributed by atoms with Crippen LogP contribution in [0.15, 0.2) is 23.9 Å². The average molecular weight is 136 g/mol. The molecule has 0 spiro atoms. The lowest BCUT2D eigenvalue weighted by Gasteiger charge is -2.06. The van der Waals surface area contributed by atoms with Gasteiger partial charge in [0.25, 0.3) is 0 Å². The summed E-state index contributed by atoms with van der Waals surface area (Å²) in [6, 6.07) is 0. The summed E-state index contributed by atoms with van der Waals surface area (Å²) in [7, 11) is 0. The fraction of sp³-hybridized carbons (Fsp3) is 0.444. The van der Waals surface area contributed by atoms with Gasteiger partial charge in [0, 0.05) is 6.54 Å². The van der Waals surface area contributed by atoms with E-state index in [1.165, 1.54) is 12.0 Å². The first-order chi connectivity index (χ1) is 4.93. The zero-order valence-electron chi connectivity index (χ0n) is 6.27. The Morgan fingerprint density at radius 2 is 2.50 bits per heavy atom. The molecule has 1 heterocycles. The van der Waals surface area contributed by atoms with Crippen molar-refractivity contribution < 1.29 is 0 Å². The third-order valence-corrected chi connectivity index (χ3v) is 1.57. The highest BCUT2D eigenvalue weighted by Gasteiger charge is 1.94. The minimum absolute atomic E-state index is 0.980. The van der Waals surface area contributed by atoms with Gasteiger partial charge in [0.05, 0.1) is 0 Å². The topological polar surface area (TPSA) is 12.0 Å². The van der Waals surface area contributed by atoms with Gasteiger partial charge in [0.1, 0.15) is 0 Å². The predicted octanol–water partition coefficient (Wildman–Crippen LogP) is 2.03. The summed E-state index contributed by atoms with van der Waals surface area (Å²) < 4.78 is 0. The fourth-order valence-electron chi connectivity index (χ4n) is 1.00. The van der Waals surface area contributed by atoms with Gasteiger partial charge in [-0.1, -0.05) is 25.5 Å². The van der Waals surface area contributed by atoms with Gasteiger partial charge in [-0.3, -0.25) is 0 Å². The number of unbranched alkanes of at least 4 members (excludes halogenated alkanes) is 1. The second-order valence-electron chi connectivity index (χ2n) is 2.49. The smallest absolute Gasteiger partial charge is 0.0328 e. The standard InChI is InChI=1S/C9H14N/c1-2-3-5-9-6-4-7-10-8-9/h4,6,8,10H,1-3,5,7H2. The van der Waals surface area contributed by atoms with Crippen molar-refractivity contribution in [2.75, 3.05) is 6.54 Å². The summed E-state index contributed by atoms with van der Waals surface area (Å²) >= 11 is 0. The summed E-state index contributed by atoms with van der Waals surface area (Å²) in [4.78, 5) is 0. The molecule has 0 aromatic heterocycles. The highest BCUT2D eigenvalue weighted by Crippen LogP contribution is 2.08. The Balaban J connectivity index is 2.26. The Bertz CT molecular complexity index is 145. The third-order valence-electron chi connectivity index (χ3n) is 1.57. The van der Waals surface area contributed by atoms with Crippen LogP contribution in [-0.2, 0) is 0 Å². The zero-order valence-corrected chi connectivity index (χ0v) is 6.27. The molecule has 1 nitrogen and oxygen atoms in total. The molecule has 1 heteroatoms. The van der Waals surface area contributed by atoms with Crippen molar-refractivity contribution in [1.29, 1.82) is 0 Å². The second-order valence-corrected chi connectivity index (χ2v) is 2.49. The molecule has 0 aromatic carbocycles. The number of rotatable bonds is 3. The van der Waals surface area contributed by atoms with E-state index in [2.05, 4.69) is 30.6 Å². The summed E-state index contributed by atoms with van der Waals surface area (Å²) in [6.45, 7) is 4.78. The van der Waals surface area contributed by atoms with Crippen LogP contribution in [-0.4, -0.2) is 6.54 Å². The minimum Gasteiger partial charge on any atom is -0.387 e. The van der Waals surface area contributed by atoms with Crippen LogP contribution in [0, 0.1) is 6.92 Å². The molecule has 0 atom stereocenters. The molecule has 0 bridgehead atoms. The van der Waals surface area contributed by atoms with E-state index in [4.69, 9.17) is 0 Å². The van der Waals surface area contributed by atoms with Gasteiger partial charge in [0.2, 0.25) is 0 Å². The largest absolute Gasteiger partial charge is 0.387 e. The maximum atomic E-state index is 3.80. The molecule has 0 unspecified atom stereocenters. The molecule has 1 radical (unpaired) electrons. The Kier molecular flexibility index (Phi) is 3.07. The van der Waals surface area contributed by atoms with Gasteiger partial charge in [0.15, 0.2) is 0 Å². The molecule has 0 aromatic rings. The molecule has 0 saturated heterocycles. The number of nitrogens with one attached hydrogen (secondary N) is 1. The Morgan fingerprint density at radius 1 is 1.60 bits per heavy atom. The molecule has 0 amide bonds. The molecule has 1 rings (SSSR count). The normalized spacial score (nSPS) is 16.3. The summed E-state index contributed by atoms with van der Waals surface area (Å²) in [5.41, 5.74) is 1.40. The van der Waals surface area contributed by atoms with Gasteiger partial charge in [-0.2, -0.15) is 0 Å². The maximum Gasteiger partial charge on any atom is 0.0328 e. The van der Waals surface area contributed by atoms with Crippen molar-refractivity contribution in [2.45, 2.75) is 19.3 Å². The van der Waals surface area contributed by atoms with Crippen LogP contribution in [0.1, 0.15) is 19.3 Å². The molecule has 1 N–H and O–H groups in total. The van der Waals surface area contributed by atoms with Crippen LogP contribution in [0.2, 0.25) is 0 Å². The van der Waals surface area contributed by atoms with Crippen LogP contribution < -0.4 is 5.32 Å². The molecule has 1 aliphatic rings. The first-order valence-electron chi connectivity index (χ1n) is 3.81. The van der Waals surface area contributed by atoms with E-state index >= 15 is 0 Å². The van der Waals surface area contributed by atoms with Crippen LogP contribution in [0.3, 0.4) is 0 Å². The molecular weight excluding hydrogens is 122 g/mol. The molecule has 0 fully saturated rings. The van der Waals surface area contributed by atoms with Gasteiger partial charge >= 0.3 is 0 Å². The van der Waals surface area contributed by atoms with Crippen molar-refractivity contribution in [2.24, 2.45) is 0 Å². The number of dihydropyridines is 1. The lowest BCUT2D eigenvalue weighted by Crippen LogP contribution is -2.08. The fourth-order valence-corrected chi connectivity index (χ4v) is 1.00. The van der Waals surface area contributed by atoms with Crippen molar-refractivity contribution >= 4 is 0 Å². The Hall–Kier alpha value is -0.720. The zero-order chi connectivity index (χ0) is 7.23. The SMILES string of the molecule is [CH2]CCCC1=CNCC=C1. The van der Waals surface area contributed by atoms with Gasteiger partial charge in [-0.05, 0) is 24.6 Å². The van der Waals surface area contributed by atoms with Crippen LogP contribution in [0.4, 0.5) is 0 Å². The highest BCUT2D eigenvalue weighted by atomic mass is 14.8. The van der Waals surface area contributed by atoms with E-state index in [0.29, 0.717) is 0 Å². The number of hydrogen-bond donors (Lipinski definition) is 1. The highest BCUT2D eigenvalue weighted by molar-refractivity contribution is 5.21. The lowest BCUT2D eigenvalue weighted by molar-refractivity contribution is 0.821. The van der Waals surface area contributed by atoms with Crippen molar-refractivity contribution in [3.63, 3.8) is 0 Å². The van der Waals surface area contributed by atoms with Crippen molar-refractivity contribution in [1.82, 2.24) is 5.32 Å². The van der Waals surface area contributed by atoms with E-state index < -0.39 is 0 Å². The van der Waals surface area contributed by atoms with E-state index in [1.54, 1.807) is 0 Å². The average Bonchev–Trinajstić information content (AvgIpc) is 2.03. The summed E-state index contributed by atoms with van der Waals surface area (Å²) in [5, 5.41) is 3.17. The predicted molar refractivity (Wildman–Crippen MR) is 44.4 cm³/mol. The number of allylic oxidation sites excluding steroid dienone is 2. The Labute approximate surface area is 62.8 Å². The molecule has 55 valence electrons. The summed E-state index contributed by atoms with van der Waals surface area (Å²) in [6.07, 6.45) is 9.82. The van der Waals surface area contributed by atoms with Crippen molar-refractivity contribution in [3.8, 4) is 0 Å². The van der Waals surface area contributed by atoms with E-state index in [-0.39, 0.29) is 0 Å². The van der Waals surface area contributed by atoms with Gasteiger partial charge in [-0.15, -0.1) is 0 Å². The molecule has 1 aliphatic heterocycles. The lowest BCUT2D eigenvalue weighted by atomic mass is 10.1. The van der Waals surface area contributed by atoms with Gasteiger partial charge < -0.3 is 5.32 Å². The van der Waals surface area contributed by atoms with Crippen molar-refractivity contribution in [3.05, 3.63) is 30.8 Å². The molecule has 0 saturated carbocycles. The van der Waals surface area contributed by atoms with Gasteiger partial charge in [-0.25, -0.2) is 0 Å². The monoisotopic (exact) mass is 136 g/mol. The molecule has 0 aliphatic carbocycles. The quantitative estimate of drug-likeness (QED) is 0.626. The van der Waals surface area contributed by atoms with Crippen LogP contribution in [0.5, 0.6) is 0 Å².